The Labute approximate surface area is 174 Å². The Bertz CT molecular complexity index is 1120. The molecule has 0 N–H and O–H groups in total. The van der Waals surface area contributed by atoms with E-state index in [9.17, 15) is 14.4 Å². The molecule has 6 nitrogen and oxygen atoms in total. The van der Waals surface area contributed by atoms with Crippen LogP contribution < -0.4 is 9.64 Å². The highest BCUT2D eigenvalue weighted by atomic mass is 16.5. The second-order valence-electron chi connectivity index (χ2n) is 7.86. The largest absolute Gasteiger partial charge is 0.497 e. The second kappa shape index (κ2) is 6.55. The van der Waals surface area contributed by atoms with Crippen molar-refractivity contribution in [3.63, 3.8) is 0 Å². The molecule has 1 spiro atoms. The van der Waals surface area contributed by atoms with E-state index in [-0.39, 0.29) is 17.5 Å². The molecule has 0 unspecified atom stereocenters. The molecule has 1 aliphatic carbocycles. The van der Waals surface area contributed by atoms with Crippen LogP contribution in [0.3, 0.4) is 0 Å². The summed E-state index contributed by atoms with van der Waals surface area (Å²) in [6.07, 6.45) is 1.56. The molecule has 0 saturated heterocycles. The molecule has 1 amide bonds. The van der Waals surface area contributed by atoms with Crippen molar-refractivity contribution in [2.75, 3.05) is 19.1 Å². The lowest BCUT2D eigenvalue weighted by Gasteiger charge is -2.30. The van der Waals surface area contributed by atoms with Crippen molar-refractivity contribution >= 4 is 23.2 Å². The van der Waals surface area contributed by atoms with E-state index in [1.54, 1.807) is 38.4 Å². The summed E-state index contributed by atoms with van der Waals surface area (Å²) in [6.45, 7) is 0. The number of ketones is 2. The highest BCUT2D eigenvalue weighted by Gasteiger charge is 2.65. The van der Waals surface area contributed by atoms with Gasteiger partial charge in [0.2, 0.25) is 5.60 Å². The van der Waals surface area contributed by atoms with Gasteiger partial charge in [0.05, 0.1) is 12.8 Å². The van der Waals surface area contributed by atoms with Crippen LogP contribution >= 0.6 is 0 Å². The summed E-state index contributed by atoms with van der Waals surface area (Å²) >= 11 is 0. The number of carbonyl (C=O) groups excluding carboxylic acids is 3. The van der Waals surface area contributed by atoms with Crippen LogP contribution in [0.25, 0.3) is 0 Å². The van der Waals surface area contributed by atoms with Crippen LogP contribution in [0.2, 0.25) is 0 Å². The SMILES string of the molecule is COc1ccc(C(=O)[C@H]2C3=C(CCCC3=O)O[C@]23C(=O)N(C)c2ccccc23)cc1. The molecule has 0 saturated carbocycles. The Morgan fingerprint density at radius 3 is 2.57 bits per heavy atom. The first-order valence-corrected chi connectivity index (χ1v) is 10.00. The number of benzene rings is 2. The zero-order valence-electron chi connectivity index (χ0n) is 16.8. The quantitative estimate of drug-likeness (QED) is 0.735. The molecule has 3 aliphatic rings. The van der Waals surface area contributed by atoms with Gasteiger partial charge in [-0.05, 0) is 36.8 Å². The standard InChI is InChI=1S/C24H21NO5/c1-25-17-7-4-3-6-16(17)24(23(25)28)21(20-18(26)8-5-9-19(20)30-24)22(27)14-10-12-15(29-2)13-11-14/h3-4,6-7,10-13,21H,5,8-9H2,1-2H3/t21-,24+/m1/s1. The highest BCUT2D eigenvalue weighted by molar-refractivity contribution is 6.17. The summed E-state index contributed by atoms with van der Waals surface area (Å²) in [5, 5.41) is 0. The summed E-state index contributed by atoms with van der Waals surface area (Å²) < 4.78 is 11.5. The summed E-state index contributed by atoms with van der Waals surface area (Å²) in [5.41, 5.74) is 0.567. The molecule has 6 heteroatoms. The van der Waals surface area contributed by atoms with Crippen LogP contribution in [0.5, 0.6) is 5.75 Å². The number of amides is 1. The Kier molecular flexibility index (Phi) is 4.07. The van der Waals surface area contributed by atoms with Gasteiger partial charge >= 0.3 is 0 Å². The number of para-hydroxylation sites is 1. The van der Waals surface area contributed by atoms with Crippen LogP contribution in [0, 0.1) is 5.92 Å². The lowest BCUT2D eigenvalue weighted by atomic mass is 9.72. The molecule has 0 aromatic heterocycles. The molecular weight excluding hydrogens is 382 g/mol. The lowest BCUT2D eigenvalue weighted by Crippen LogP contribution is -2.47. The number of carbonyl (C=O) groups is 3. The number of allylic oxidation sites excluding steroid dienone is 1. The number of nitrogens with zero attached hydrogens (tertiary/aromatic N) is 1. The summed E-state index contributed by atoms with van der Waals surface area (Å²) in [5.74, 6) is -0.627. The average Bonchev–Trinajstić information content (AvgIpc) is 3.24. The zero-order chi connectivity index (χ0) is 21.0. The van der Waals surface area contributed by atoms with Gasteiger partial charge in [-0.1, -0.05) is 18.2 Å². The van der Waals surface area contributed by atoms with E-state index >= 15 is 0 Å². The zero-order valence-corrected chi connectivity index (χ0v) is 16.8. The number of ether oxygens (including phenoxy) is 2. The van der Waals surface area contributed by atoms with Gasteiger partial charge in [-0.25, -0.2) is 0 Å². The predicted molar refractivity (Wildman–Crippen MR) is 109 cm³/mol. The van der Waals surface area contributed by atoms with Crippen molar-refractivity contribution in [3.8, 4) is 5.75 Å². The van der Waals surface area contributed by atoms with Gasteiger partial charge in [-0.2, -0.15) is 0 Å². The minimum absolute atomic E-state index is 0.111. The molecular formula is C24H21NO5. The number of likely N-dealkylation sites (N-methyl/N-ethyl adjacent to an activating group) is 1. The molecule has 2 aromatic rings. The fraction of sp³-hybridized carbons (Fsp3) is 0.292. The minimum Gasteiger partial charge on any atom is -0.497 e. The van der Waals surface area contributed by atoms with Crippen LogP contribution in [0.15, 0.2) is 59.9 Å². The van der Waals surface area contributed by atoms with Gasteiger partial charge < -0.3 is 14.4 Å². The van der Waals surface area contributed by atoms with Gasteiger partial charge in [-0.15, -0.1) is 0 Å². The Hall–Kier alpha value is -3.41. The first-order valence-electron chi connectivity index (χ1n) is 10.00. The monoisotopic (exact) mass is 403 g/mol. The first-order chi connectivity index (χ1) is 14.5. The van der Waals surface area contributed by atoms with Gasteiger partial charge in [0, 0.05) is 36.6 Å². The van der Waals surface area contributed by atoms with Crippen molar-refractivity contribution in [3.05, 3.63) is 71.0 Å². The smallest absolute Gasteiger partial charge is 0.276 e. The number of methoxy groups -OCH3 is 1. The number of Topliss-reactive ketones (excluding diaryl/α,β-unsaturated/α-hetero) is 2. The van der Waals surface area contributed by atoms with Crippen molar-refractivity contribution in [2.24, 2.45) is 5.92 Å². The van der Waals surface area contributed by atoms with Crippen LogP contribution in [-0.4, -0.2) is 31.6 Å². The van der Waals surface area contributed by atoms with Crippen molar-refractivity contribution in [1.29, 1.82) is 0 Å². The van der Waals surface area contributed by atoms with Gasteiger partial charge in [0.1, 0.15) is 17.4 Å². The Balaban J connectivity index is 1.71. The molecule has 0 bridgehead atoms. The van der Waals surface area contributed by atoms with E-state index < -0.39 is 11.5 Å². The molecule has 2 heterocycles. The number of rotatable bonds is 3. The molecule has 152 valence electrons. The normalized spacial score (nSPS) is 24.7. The fourth-order valence-electron chi connectivity index (χ4n) is 4.89. The average molecular weight is 403 g/mol. The molecule has 5 rings (SSSR count). The van der Waals surface area contributed by atoms with Crippen LogP contribution in [0.4, 0.5) is 5.69 Å². The second-order valence-corrected chi connectivity index (χ2v) is 7.86. The van der Waals surface area contributed by atoms with Crippen molar-refractivity contribution < 1.29 is 23.9 Å². The highest BCUT2D eigenvalue weighted by Crippen LogP contribution is 2.57. The molecule has 0 radical (unpaired) electrons. The third-order valence-corrected chi connectivity index (χ3v) is 6.31. The van der Waals surface area contributed by atoms with E-state index in [0.29, 0.717) is 53.2 Å². The maximum atomic E-state index is 13.8. The maximum absolute atomic E-state index is 13.8. The number of hydrogen-bond donors (Lipinski definition) is 0. The first kappa shape index (κ1) is 18.6. The van der Waals surface area contributed by atoms with Gasteiger partial charge in [-0.3, -0.25) is 14.4 Å². The Morgan fingerprint density at radius 1 is 1.10 bits per heavy atom. The molecule has 2 atom stereocenters. The van der Waals surface area contributed by atoms with E-state index in [2.05, 4.69) is 0 Å². The molecule has 2 aliphatic heterocycles. The van der Waals surface area contributed by atoms with E-state index in [1.165, 1.54) is 4.90 Å². The minimum atomic E-state index is -1.53. The Morgan fingerprint density at radius 2 is 1.83 bits per heavy atom. The molecule has 30 heavy (non-hydrogen) atoms. The van der Waals surface area contributed by atoms with Crippen molar-refractivity contribution in [2.45, 2.75) is 24.9 Å². The lowest BCUT2D eigenvalue weighted by molar-refractivity contribution is -0.138. The van der Waals surface area contributed by atoms with Gasteiger partial charge in [0.15, 0.2) is 11.6 Å². The maximum Gasteiger partial charge on any atom is 0.276 e. The molecule has 2 aromatic carbocycles. The third-order valence-electron chi connectivity index (χ3n) is 6.31. The number of hydrogen-bond acceptors (Lipinski definition) is 5. The number of fused-ring (bicyclic) bond motifs is 2. The molecule has 0 fully saturated rings. The van der Waals surface area contributed by atoms with E-state index in [1.807, 2.05) is 24.3 Å². The van der Waals surface area contributed by atoms with Gasteiger partial charge in [0.25, 0.3) is 5.91 Å². The van der Waals surface area contributed by atoms with E-state index in [4.69, 9.17) is 9.47 Å². The third kappa shape index (κ3) is 2.33. The summed E-state index contributed by atoms with van der Waals surface area (Å²) in [6, 6.07) is 14.0. The van der Waals surface area contributed by atoms with Crippen LogP contribution in [-0.2, 0) is 19.9 Å². The predicted octanol–water partition coefficient (Wildman–Crippen LogP) is 3.40. The number of anilines is 1. The summed E-state index contributed by atoms with van der Waals surface area (Å²) in [4.78, 5) is 41.8. The topological polar surface area (TPSA) is 72.9 Å². The van der Waals surface area contributed by atoms with E-state index in [0.717, 1.165) is 0 Å². The van der Waals surface area contributed by atoms with Crippen LogP contribution in [0.1, 0.15) is 35.2 Å². The summed E-state index contributed by atoms with van der Waals surface area (Å²) in [7, 11) is 3.23. The van der Waals surface area contributed by atoms with Crippen molar-refractivity contribution in [1.82, 2.24) is 0 Å². The fourth-order valence-corrected chi connectivity index (χ4v) is 4.89.